The van der Waals surface area contributed by atoms with Crippen LogP contribution >= 0.6 is 0 Å². The Labute approximate surface area is 169 Å². The molecule has 1 saturated heterocycles. The third-order valence-corrected chi connectivity index (χ3v) is 6.16. The zero-order valence-electron chi connectivity index (χ0n) is 16.0. The molecule has 3 aliphatic carbocycles. The summed E-state index contributed by atoms with van der Waals surface area (Å²) in [5, 5.41) is 5.35. The molecule has 2 aromatic rings. The standard InChI is InChI=1S/C24H22N2O3/c27-23-21-18-9-10-19(12-11-18)22(21)24(28)26(23)25-14-17-7-4-8-20(13-17)29-15-16-5-2-1-3-6-16/h1-10,13-14,18-19,21-22H,11-12,15H2/b25-14-/t18-,19+,21-,22-/m0/s1. The minimum absolute atomic E-state index is 0.160. The maximum Gasteiger partial charge on any atom is 0.254 e. The first-order chi connectivity index (χ1) is 14.2. The predicted octanol–water partition coefficient (Wildman–Crippen LogP) is 3.80. The fourth-order valence-electron chi connectivity index (χ4n) is 4.72. The largest absolute Gasteiger partial charge is 0.489 e. The number of hydrogen-bond donors (Lipinski definition) is 0. The number of allylic oxidation sites excluding steroid dienone is 2. The molecule has 29 heavy (non-hydrogen) atoms. The van der Waals surface area contributed by atoms with Gasteiger partial charge in [-0.3, -0.25) is 9.59 Å². The molecule has 1 aliphatic heterocycles. The number of rotatable bonds is 5. The second-order valence-corrected chi connectivity index (χ2v) is 7.92. The summed E-state index contributed by atoms with van der Waals surface area (Å²) in [5.74, 6) is 0.284. The minimum Gasteiger partial charge on any atom is -0.489 e. The number of carbonyl (C=O) groups is 2. The quantitative estimate of drug-likeness (QED) is 0.446. The summed E-state index contributed by atoms with van der Waals surface area (Å²) < 4.78 is 5.84. The van der Waals surface area contributed by atoms with E-state index < -0.39 is 0 Å². The molecule has 0 spiro atoms. The molecule has 2 amide bonds. The highest BCUT2D eigenvalue weighted by Gasteiger charge is 2.56. The van der Waals surface area contributed by atoms with Crippen molar-refractivity contribution in [2.75, 3.05) is 0 Å². The molecule has 0 radical (unpaired) electrons. The third-order valence-electron chi connectivity index (χ3n) is 6.16. The van der Waals surface area contributed by atoms with E-state index in [9.17, 15) is 9.59 Å². The second-order valence-electron chi connectivity index (χ2n) is 7.92. The Balaban J connectivity index is 1.29. The summed E-state index contributed by atoms with van der Waals surface area (Å²) in [6, 6.07) is 17.4. The van der Waals surface area contributed by atoms with Gasteiger partial charge < -0.3 is 4.74 Å². The van der Waals surface area contributed by atoms with Crippen LogP contribution in [0.3, 0.4) is 0 Å². The van der Waals surface area contributed by atoms with Crippen molar-refractivity contribution in [1.82, 2.24) is 5.01 Å². The van der Waals surface area contributed by atoms with Gasteiger partial charge in [0.1, 0.15) is 12.4 Å². The lowest BCUT2D eigenvalue weighted by Crippen LogP contribution is -2.38. The van der Waals surface area contributed by atoms with Gasteiger partial charge in [0.15, 0.2) is 0 Å². The molecule has 4 aliphatic rings. The lowest BCUT2D eigenvalue weighted by Gasteiger charge is -2.37. The first-order valence-electron chi connectivity index (χ1n) is 10.1. The Hall–Kier alpha value is -3.21. The molecule has 1 saturated carbocycles. The Bertz CT molecular complexity index is 966. The predicted molar refractivity (Wildman–Crippen MR) is 109 cm³/mol. The van der Waals surface area contributed by atoms with E-state index >= 15 is 0 Å². The summed E-state index contributed by atoms with van der Waals surface area (Å²) in [6.45, 7) is 0.476. The van der Waals surface area contributed by atoms with E-state index in [0.717, 1.165) is 29.0 Å². The summed E-state index contributed by atoms with van der Waals surface area (Å²) in [4.78, 5) is 25.6. The van der Waals surface area contributed by atoms with Gasteiger partial charge in [0, 0.05) is 0 Å². The molecule has 146 valence electrons. The average molecular weight is 386 g/mol. The molecule has 5 heteroatoms. The molecular weight excluding hydrogens is 364 g/mol. The molecule has 2 aromatic carbocycles. The van der Waals surface area contributed by atoms with Crippen molar-refractivity contribution >= 4 is 18.0 Å². The molecule has 1 heterocycles. The lowest BCUT2D eigenvalue weighted by molar-refractivity contribution is -0.140. The third kappa shape index (κ3) is 3.27. The van der Waals surface area contributed by atoms with Crippen molar-refractivity contribution in [3.63, 3.8) is 0 Å². The van der Waals surface area contributed by atoms with Gasteiger partial charge in [0.25, 0.3) is 11.8 Å². The van der Waals surface area contributed by atoms with Crippen LogP contribution in [0, 0.1) is 23.7 Å². The normalized spacial score (nSPS) is 27.7. The fourth-order valence-corrected chi connectivity index (χ4v) is 4.72. The van der Waals surface area contributed by atoms with Crippen molar-refractivity contribution in [1.29, 1.82) is 0 Å². The number of ether oxygens (including phenoxy) is 1. The Morgan fingerprint density at radius 3 is 2.28 bits per heavy atom. The van der Waals surface area contributed by atoms with Crippen LogP contribution in [0.4, 0.5) is 0 Å². The van der Waals surface area contributed by atoms with Crippen LogP contribution in [0.15, 0.2) is 71.9 Å². The van der Waals surface area contributed by atoms with Crippen molar-refractivity contribution in [3.05, 3.63) is 77.9 Å². The van der Waals surface area contributed by atoms with Gasteiger partial charge in [0.05, 0.1) is 18.1 Å². The van der Waals surface area contributed by atoms with Crippen molar-refractivity contribution in [2.24, 2.45) is 28.8 Å². The van der Waals surface area contributed by atoms with E-state index in [1.165, 1.54) is 0 Å². The lowest BCUT2D eigenvalue weighted by atomic mass is 9.63. The van der Waals surface area contributed by atoms with Crippen LogP contribution in [0.5, 0.6) is 5.75 Å². The molecule has 4 atom stereocenters. The Morgan fingerprint density at radius 1 is 0.931 bits per heavy atom. The highest BCUT2D eigenvalue weighted by atomic mass is 16.5. The van der Waals surface area contributed by atoms with Gasteiger partial charge in [0.2, 0.25) is 0 Å². The van der Waals surface area contributed by atoms with Gasteiger partial charge in [-0.2, -0.15) is 10.1 Å². The zero-order chi connectivity index (χ0) is 19.8. The molecule has 0 aromatic heterocycles. The van der Waals surface area contributed by atoms with Crippen LogP contribution < -0.4 is 4.74 Å². The number of nitrogens with zero attached hydrogens (tertiary/aromatic N) is 2. The van der Waals surface area contributed by atoms with Crippen LogP contribution in [-0.4, -0.2) is 23.0 Å². The van der Waals surface area contributed by atoms with Crippen LogP contribution in [0.1, 0.15) is 24.0 Å². The molecule has 0 unspecified atom stereocenters. The van der Waals surface area contributed by atoms with Crippen LogP contribution in [0.25, 0.3) is 0 Å². The van der Waals surface area contributed by atoms with E-state index in [1.54, 1.807) is 6.21 Å². The van der Waals surface area contributed by atoms with E-state index in [0.29, 0.717) is 12.4 Å². The minimum atomic E-state index is -0.232. The maximum absolute atomic E-state index is 12.8. The number of hydrazone groups is 1. The fraction of sp³-hybridized carbons (Fsp3) is 0.292. The number of imide groups is 1. The van der Waals surface area contributed by atoms with E-state index in [4.69, 9.17) is 4.74 Å². The Kier molecular flexibility index (Phi) is 4.51. The van der Waals surface area contributed by atoms with E-state index in [2.05, 4.69) is 17.3 Å². The van der Waals surface area contributed by atoms with E-state index in [1.807, 2.05) is 54.6 Å². The highest BCUT2D eigenvalue weighted by Crippen LogP contribution is 2.49. The monoisotopic (exact) mass is 386 g/mol. The van der Waals surface area contributed by atoms with Crippen LogP contribution in [0.2, 0.25) is 0 Å². The van der Waals surface area contributed by atoms with Crippen molar-refractivity contribution in [3.8, 4) is 5.75 Å². The summed E-state index contributed by atoms with van der Waals surface area (Å²) >= 11 is 0. The van der Waals surface area contributed by atoms with Gasteiger partial charge in [-0.05, 0) is 47.9 Å². The molecule has 2 bridgehead atoms. The van der Waals surface area contributed by atoms with Gasteiger partial charge in [-0.25, -0.2) is 0 Å². The van der Waals surface area contributed by atoms with Crippen molar-refractivity contribution in [2.45, 2.75) is 19.4 Å². The molecule has 5 nitrogen and oxygen atoms in total. The molecule has 0 N–H and O–H groups in total. The summed E-state index contributed by atoms with van der Waals surface area (Å²) in [7, 11) is 0. The number of amides is 2. The summed E-state index contributed by atoms with van der Waals surface area (Å²) in [6.07, 6.45) is 7.76. The SMILES string of the molecule is O=C1[C@@H]2[C@@H](C(=O)N1/N=C\c1cccc(OCc3ccccc3)c1)[C@H]1C=C[C@@H]2CC1. The second kappa shape index (κ2) is 7.32. The smallest absolute Gasteiger partial charge is 0.254 e. The number of benzene rings is 2. The highest BCUT2D eigenvalue weighted by molar-refractivity contribution is 6.06. The van der Waals surface area contributed by atoms with Gasteiger partial charge in [-0.15, -0.1) is 0 Å². The number of carbonyl (C=O) groups excluding carboxylic acids is 2. The number of fused-ring (bicyclic) bond motifs is 1. The zero-order valence-corrected chi connectivity index (χ0v) is 16.0. The first kappa shape index (κ1) is 17.9. The topological polar surface area (TPSA) is 59.0 Å². The first-order valence-corrected chi connectivity index (χ1v) is 10.1. The average Bonchev–Trinajstić information content (AvgIpc) is 3.05. The van der Waals surface area contributed by atoms with Crippen molar-refractivity contribution < 1.29 is 14.3 Å². The van der Waals surface area contributed by atoms with Gasteiger partial charge in [-0.1, -0.05) is 54.6 Å². The molecule has 2 fully saturated rings. The van der Waals surface area contributed by atoms with E-state index in [-0.39, 0.29) is 35.5 Å². The Morgan fingerprint density at radius 2 is 1.62 bits per heavy atom. The number of hydrogen-bond acceptors (Lipinski definition) is 4. The van der Waals surface area contributed by atoms with Gasteiger partial charge >= 0.3 is 0 Å². The summed E-state index contributed by atoms with van der Waals surface area (Å²) in [5.41, 5.74) is 1.87. The molecule has 6 rings (SSSR count). The molecular formula is C24H22N2O3. The maximum atomic E-state index is 12.8. The van der Waals surface area contributed by atoms with Crippen LogP contribution in [-0.2, 0) is 16.2 Å².